The van der Waals surface area contributed by atoms with Gasteiger partial charge in [0.1, 0.15) is 29.7 Å². The summed E-state index contributed by atoms with van der Waals surface area (Å²) in [5, 5.41) is 0.638. The Hall–Kier alpha value is -2.27. The number of nitrogens with zero attached hydrogens (tertiary/aromatic N) is 5. The number of halogens is 3. The molecular weight excluding hydrogens is 572 g/mol. The van der Waals surface area contributed by atoms with Crippen LogP contribution in [0.25, 0.3) is 10.9 Å². The second-order valence-corrected chi connectivity index (χ2v) is 13.4. The fourth-order valence-corrected chi connectivity index (χ4v) is 7.55. The van der Waals surface area contributed by atoms with Crippen molar-refractivity contribution in [2.24, 2.45) is 0 Å². The summed E-state index contributed by atoms with van der Waals surface area (Å²) >= 11 is 3.33. The van der Waals surface area contributed by atoms with Gasteiger partial charge in [0, 0.05) is 31.4 Å². The Morgan fingerprint density at radius 2 is 1.92 bits per heavy atom. The summed E-state index contributed by atoms with van der Waals surface area (Å²) in [7, 11) is 0. The number of hydrogen-bond acceptors (Lipinski definition) is 7. The number of piperazine rings is 1. The topological polar surface area (TPSA) is 71.0 Å². The predicted molar refractivity (Wildman–Crippen MR) is 148 cm³/mol. The fourth-order valence-electron chi connectivity index (χ4n) is 7.02. The van der Waals surface area contributed by atoms with Crippen molar-refractivity contribution in [2.45, 2.75) is 89.2 Å². The van der Waals surface area contributed by atoms with Crippen LogP contribution in [0.15, 0.2) is 10.5 Å². The maximum Gasteiger partial charge on any atom is 0.410 e. The zero-order chi connectivity index (χ0) is 27.7. The van der Waals surface area contributed by atoms with Gasteiger partial charge in [-0.3, -0.25) is 9.80 Å². The Labute approximate surface area is 236 Å². The zero-order valence-electron chi connectivity index (χ0n) is 23.0. The molecule has 1 aromatic carbocycles. The third kappa shape index (κ3) is 4.83. The fraction of sp³-hybridized carbons (Fsp3) is 0.679. The smallest absolute Gasteiger partial charge is 0.410 e. The first-order valence-electron chi connectivity index (χ1n) is 13.9. The molecule has 4 aliphatic rings. The van der Waals surface area contributed by atoms with Crippen LogP contribution in [0.5, 0.6) is 6.01 Å². The maximum atomic E-state index is 15.5. The molecule has 39 heavy (non-hydrogen) atoms. The van der Waals surface area contributed by atoms with Crippen LogP contribution in [0.2, 0.25) is 0 Å². The van der Waals surface area contributed by atoms with E-state index in [1.54, 1.807) is 6.07 Å². The third-order valence-corrected chi connectivity index (χ3v) is 9.22. The molecule has 1 aromatic heterocycles. The van der Waals surface area contributed by atoms with Crippen LogP contribution in [0, 0.1) is 12.7 Å². The second-order valence-electron chi connectivity index (χ2n) is 12.6. The monoisotopic (exact) mass is 607 g/mol. The Balaban J connectivity index is 1.33. The highest BCUT2D eigenvalue weighted by atomic mass is 79.9. The van der Waals surface area contributed by atoms with E-state index in [1.165, 1.54) is 0 Å². The molecule has 0 aliphatic carbocycles. The van der Waals surface area contributed by atoms with E-state index in [4.69, 9.17) is 14.5 Å². The van der Waals surface area contributed by atoms with E-state index < -0.39 is 17.6 Å². The molecule has 0 radical (unpaired) electrons. The van der Waals surface area contributed by atoms with Gasteiger partial charge < -0.3 is 14.4 Å². The van der Waals surface area contributed by atoms with Crippen LogP contribution < -0.4 is 9.64 Å². The highest BCUT2D eigenvalue weighted by Gasteiger charge is 2.50. The van der Waals surface area contributed by atoms with Crippen molar-refractivity contribution in [3.8, 4) is 6.01 Å². The van der Waals surface area contributed by atoms with Gasteiger partial charge in [-0.25, -0.2) is 13.6 Å². The van der Waals surface area contributed by atoms with Crippen molar-refractivity contribution in [3.63, 3.8) is 0 Å². The average molecular weight is 609 g/mol. The van der Waals surface area contributed by atoms with Gasteiger partial charge in [-0.1, -0.05) is 0 Å². The molecule has 4 fully saturated rings. The maximum absolute atomic E-state index is 15.5. The average Bonchev–Trinajstić information content (AvgIpc) is 3.47. The quantitative estimate of drug-likeness (QED) is 0.462. The number of ether oxygens (including phenoxy) is 2. The highest BCUT2D eigenvalue weighted by molar-refractivity contribution is 9.10. The van der Waals surface area contributed by atoms with E-state index in [-0.39, 0.29) is 41.8 Å². The molecule has 6 rings (SSSR count). The Morgan fingerprint density at radius 3 is 2.62 bits per heavy atom. The summed E-state index contributed by atoms with van der Waals surface area (Å²) in [6.07, 6.45) is 2.88. The van der Waals surface area contributed by atoms with Crippen molar-refractivity contribution in [2.75, 3.05) is 37.7 Å². The first-order chi connectivity index (χ1) is 18.4. The predicted octanol–water partition coefficient (Wildman–Crippen LogP) is 5.38. The number of amides is 1. The van der Waals surface area contributed by atoms with Crippen LogP contribution >= 0.6 is 15.9 Å². The van der Waals surface area contributed by atoms with Gasteiger partial charge in [0.15, 0.2) is 5.82 Å². The van der Waals surface area contributed by atoms with Crippen molar-refractivity contribution in [1.82, 2.24) is 19.8 Å². The lowest BCUT2D eigenvalue weighted by atomic mass is 9.95. The van der Waals surface area contributed by atoms with E-state index in [9.17, 15) is 9.18 Å². The standard InChI is InChI=1S/C28H36BrF2N5O3/c1-16-10-20(29)22(31)23-21(16)24(33-25(32-23)38-15-28-8-5-9-35(28)12-17(30)11-28)34-13-18-6-7-19(14-34)36(18)26(37)39-27(2,3)4/h10,17-19H,5-9,11-15H2,1-4H3/t17?,18?,19?,28-/m0/s1. The van der Waals surface area contributed by atoms with Crippen molar-refractivity contribution < 1.29 is 23.0 Å². The Kier molecular flexibility index (Phi) is 6.68. The third-order valence-electron chi connectivity index (χ3n) is 8.64. The minimum atomic E-state index is -0.866. The summed E-state index contributed by atoms with van der Waals surface area (Å²) < 4.78 is 42.0. The first-order valence-corrected chi connectivity index (χ1v) is 14.7. The number of carbonyl (C=O) groups excluding carboxylic acids is 1. The largest absolute Gasteiger partial charge is 0.461 e. The minimum absolute atomic E-state index is 0.0282. The summed E-state index contributed by atoms with van der Waals surface area (Å²) in [5.74, 6) is 0.139. The number of benzene rings is 1. The highest BCUT2D eigenvalue weighted by Crippen LogP contribution is 2.42. The van der Waals surface area contributed by atoms with Crippen molar-refractivity contribution >= 4 is 38.7 Å². The minimum Gasteiger partial charge on any atom is -0.461 e. The number of aryl methyl sites for hydroxylation is 1. The zero-order valence-corrected chi connectivity index (χ0v) is 24.6. The van der Waals surface area contributed by atoms with Gasteiger partial charge in [-0.05, 0) is 87.5 Å². The van der Waals surface area contributed by atoms with Gasteiger partial charge in [-0.2, -0.15) is 9.97 Å². The normalized spacial score (nSPS) is 28.8. The number of carbonyl (C=O) groups is 1. The Morgan fingerprint density at radius 1 is 1.21 bits per heavy atom. The van der Waals surface area contributed by atoms with Gasteiger partial charge in [0.25, 0.3) is 0 Å². The van der Waals surface area contributed by atoms with Crippen LogP contribution in [0.4, 0.5) is 19.4 Å². The summed E-state index contributed by atoms with van der Waals surface area (Å²) in [6.45, 7) is 10.2. The van der Waals surface area contributed by atoms with Crippen molar-refractivity contribution in [1.29, 1.82) is 0 Å². The molecule has 8 nitrogen and oxygen atoms in total. The SMILES string of the molecule is Cc1cc(Br)c(F)c2nc(OC[C@@]34CCCN3CC(F)C4)nc(N3CC4CCC(C3)N4C(=O)OC(C)(C)C)c12. The molecule has 3 unspecified atom stereocenters. The molecule has 212 valence electrons. The van der Waals surface area contributed by atoms with Crippen LogP contribution in [-0.2, 0) is 4.74 Å². The number of anilines is 1. The molecule has 0 saturated carbocycles. The van der Waals surface area contributed by atoms with Gasteiger partial charge >= 0.3 is 12.1 Å². The molecule has 1 amide bonds. The van der Waals surface area contributed by atoms with Gasteiger partial charge in [0.05, 0.1) is 22.1 Å². The molecular formula is C28H36BrF2N5O3. The van der Waals surface area contributed by atoms with Gasteiger partial charge in [0.2, 0.25) is 0 Å². The molecule has 2 aromatic rings. The van der Waals surface area contributed by atoms with E-state index in [2.05, 4.69) is 30.7 Å². The molecule has 11 heteroatoms. The molecule has 2 bridgehead atoms. The van der Waals surface area contributed by atoms with Crippen LogP contribution in [-0.4, -0.2) is 88.0 Å². The Bertz CT molecular complexity index is 1290. The molecule has 4 atom stereocenters. The first kappa shape index (κ1) is 26.9. The lowest BCUT2D eigenvalue weighted by Gasteiger charge is -2.42. The summed E-state index contributed by atoms with van der Waals surface area (Å²) in [6, 6.07) is 1.78. The molecule has 4 saturated heterocycles. The lowest BCUT2D eigenvalue weighted by molar-refractivity contribution is 0.0122. The molecule has 5 heterocycles. The van der Waals surface area contributed by atoms with Gasteiger partial charge in [-0.15, -0.1) is 0 Å². The molecule has 0 spiro atoms. The summed E-state index contributed by atoms with van der Waals surface area (Å²) in [5.41, 5.74) is 0.111. The lowest BCUT2D eigenvalue weighted by Crippen LogP contribution is -2.57. The van der Waals surface area contributed by atoms with Crippen molar-refractivity contribution in [3.05, 3.63) is 21.9 Å². The van der Waals surface area contributed by atoms with Crippen LogP contribution in [0.1, 0.15) is 58.4 Å². The van der Waals surface area contributed by atoms with E-state index in [1.807, 2.05) is 32.6 Å². The van der Waals surface area contributed by atoms with E-state index >= 15 is 4.39 Å². The number of hydrogen-bond donors (Lipinski definition) is 0. The second kappa shape index (κ2) is 9.68. The van der Waals surface area contributed by atoms with E-state index in [0.29, 0.717) is 41.7 Å². The number of alkyl halides is 1. The summed E-state index contributed by atoms with van der Waals surface area (Å²) in [4.78, 5) is 28.5. The number of rotatable bonds is 4. The van der Waals surface area contributed by atoms with E-state index in [0.717, 1.165) is 37.8 Å². The number of aromatic nitrogens is 2. The number of fused-ring (bicyclic) bond motifs is 4. The molecule has 0 N–H and O–H groups in total. The molecule has 4 aliphatic heterocycles. The van der Waals surface area contributed by atoms with Crippen LogP contribution in [0.3, 0.4) is 0 Å².